The topological polar surface area (TPSA) is 46.2 Å². The third-order valence-electron chi connectivity index (χ3n) is 3.54. The highest BCUT2D eigenvalue weighted by Crippen LogP contribution is 2.47. The molecule has 2 heteroatoms. The number of hydrogen-bond donors (Lipinski definition) is 2. The van der Waals surface area contributed by atoms with Crippen molar-refractivity contribution < 1.29 is 5.11 Å². The minimum absolute atomic E-state index is 0.0214. The van der Waals surface area contributed by atoms with Crippen molar-refractivity contribution >= 4 is 0 Å². The van der Waals surface area contributed by atoms with E-state index in [0.717, 1.165) is 18.8 Å². The van der Waals surface area contributed by atoms with E-state index < -0.39 is 5.60 Å². The number of nitrogens with two attached hydrogens (primary N) is 1. The third kappa shape index (κ3) is 1.50. The van der Waals surface area contributed by atoms with Crippen molar-refractivity contribution in [3.63, 3.8) is 0 Å². The molecular weight excluding hydrogens is 150 g/mol. The summed E-state index contributed by atoms with van der Waals surface area (Å²) in [6.45, 7) is 6.62. The Labute approximate surface area is 75.2 Å². The van der Waals surface area contributed by atoms with Gasteiger partial charge in [0.1, 0.15) is 0 Å². The van der Waals surface area contributed by atoms with Crippen LogP contribution in [0.1, 0.15) is 40.0 Å². The van der Waals surface area contributed by atoms with Crippen LogP contribution in [0.2, 0.25) is 0 Å². The van der Waals surface area contributed by atoms with Gasteiger partial charge in [0.15, 0.2) is 0 Å². The maximum absolute atomic E-state index is 10.0. The molecule has 0 saturated heterocycles. The molecule has 72 valence electrons. The highest BCUT2D eigenvalue weighted by atomic mass is 16.3. The van der Waals surface area contributed by atoms with Crippen molar-refractivity contribution in [3.05, 3.63) is 0 Å². The molecule has 1 saturated carbocycles. The van der Waals surface area contributed by atoms with Crippen LogP contribution in [0.25, 0.3) is 0 Å². The predicted octanol–water partition coefficient (Wildman–Crippen LogP) is 1.52. The molecule has 0 aliphatic heterocycles. The molecule has 0 radical (unpaired) electrons. The monoisotopic (exact) mass is 171 g/mol. The van der Waals surface area contributed by atoms with E-state index in [4.69, 9.17) is 5.73 Å². The van der Waals surface area contributed by atoms with Crippen LogP contribution in [0, 0.1) is 11.3 Å². The molecular formula is C10H21NO. The van der Waals surface area contributed by atoms with E-state index >= 15 is 0 Å². The molecule has 12 heavy (non-hydrogen) atoms. The first-order chi connectivity index (χ1) is 5.41. The maximum Gasteiger partial charge on any atom is 0.0659 e. The van der Waals surface area contributed by atoms with Gasteiger partial charge in [0.05, 0.1) is 5.60 Å². The van der Waals surface area contributed by atoms with Crippen LogP contribution in [0.3, 0.4) is 0 Å². The van der Waals surface area contributed by atoms with E-state index in [1.54, 1.807) is 0 Å². The quantitative estimate of drug-likeness (QED) is 0.661. The maximum atomic E-state index is 10.0. The van der Waals surface area contributed by atoms with Crippen molar-refractivity contribution in [1.82, 2.24) is 0 Å². The first-order valence-electron chi connectivity index (χ1n) is 4.84. The molecule has 2 unspecified atom stereocenters. The lowest BCUT2D eigenvalue weighted by molar-refractivity contribution is -0.0489. The fourth-order valence-electron chi connectivity index (χ4n) is 2.38. The van der Waals surface area contributed by atoms with Crippen LogP contribution < -0.4 is 5.73 Å². The van der Waals surface area contributed by atoms with Gasteiger partial charge >= 0.3 is 0 Å². The molecule has 0 aromatic carbocycles. The summed E-state index contributed by atoms with van der Waals surface area (Å²) in [7, 11) is 0. The normalized spacial score (nSPS) is 37.2. The minimum Gasteiger partial charge on any atom is -0.390 e. The fourth-order valence-corrected chi connectivity index (χ4v) is 2.38. The van der Waals surface area contributed by atoms with Crippen molar-refractivity contribution in [3.8, 4) is 0 Å². The smallest absolute Gasteiger partial charge is 0.0659 e. The lowest BCUT2D eigenvalue weighted by Gasteiger charge is -2.39. The molecule has 2 nitrogen and oxygen atoms in total. The second-order valence-electron chi connectivity index (χ2n) is 4.89. The molecule has 3 N–H and O–H groups in total. The van der Waals surface area contributed by atoms with E-state index in [2.05, 4.69) is 6.92 Å². The fraction of sp³-hybridized carbons (Fsp3) is 1.00. The summed E-state index contributed by atoms with van der Waals surface area (Å²) in [5.74, 6) is 0.722. The Kier molecular flexibility index (Phi) is 2.50. The van der Waals surface area contributed by atoms with Gasteiger partial charge in [-0.15, -0.1) is 0 Å². The van der Waals surface area contributed by atoms with Crippen LogP contribution in [-0.4, -0.2) is 17.3 Å². The van der Waals surface area contributed by atoms with Gasteiger partial charge in [-0.3, -0.25) is 0 Å². The van der Waals surface area contributed by atoms with Crippen LogP contribution in [0.4, 0.5) is 0 Å². The van der Waals surface area contributed by atoms with Gasteiger partial charge in [-0.1, -0.05) is 13.3 Å². The number of rotatable bonds is 2. The second-order valence-corrected chi connectivity index (χ2v) is 4.89. The van der Waals surface area contributed by atoms with Crippen LogP contribution in [0.5, 0.6) is 0 Å². The minimum atomic E-state index is -0.619. The zero-order valence-electron chi connectivity index (χ0n) is 8.43. The molecule has 0 bridgehead atoms. The molecule has 0 amide bonds. The Bertz CT molecular complexity index is 162. The predicted molar refractivity (Wildman–Crippen MR) is 50.8 cm³/mol. The summed E-state index contributed by atoms with van der Waals surface area (Å²) in [5.41, 5.74) is 5.12. The molecule has 1 aliphatic carbocycles. The average molecular weight is 171 g/mol. The summed E-state index contributed by atoms with van der Waals surface area (Å²) in [6.07, 6.45) is 3.36. The van der Waals surface area contributed by atoms with Crippen LogP contribution in [0.15, 0.2) is 0 Å². The Morgan fingerprint density at radius 3 is 2.33 bits per heavy atom. The van der Waals surface area contributed by atoms with Gasteiger partial charge in [0.2, 0.25) is 0 Å². The molecule has 2 atom stereocenters. The number of aliphatic hydroxyl groups is 1. The summed E-state index contributed by atoms with van der Waals surface area (Å²) in [4.78, 5) is 0. The molecule has 1 fully saturated rings. The van der Waals surface area contributed by atoms with Gasteiger partial charge in [-0.2, -0.15) is 0 Å². The third-order valence-corrected chi connectivity index (χ3v) is 3.54. The Balaban J connectivity index is 2.78. The summed E-state index contributed by atoms with van der Waals surface area (Å²) >= 11 is 0. The summed E-state index contributed by atoms with van der Waals surface area (Å²) in [5, 5.41) is 10.0. The van der Waals surface area contributed by atoms with Crippen molar-refractivity contribution in [2.45, 2.75) is 45.6 Å². The Morgan fingerprint density at radius 2 is 2.17 bits per heavy atom. The van der Waals surface area contributed by atoms with E-state index in [1.807, 2.05) is 13.8 Å². The van der Waals surface area contributed by atoms with Crippen molar-refractivity contribution in [1.29, 1.82) is 0 Å². The van der Waals surface area contributed by atoms with E-state index in [1.165, 1.54) is 6.42 Å². The molecule has 0 aromatic rings. The van der Waals surface area contributed by atoms with Gasteiger partial charge in [0.25, 0.3) is 0 Å². The van der Waals surface area contributed by atoms with Crippen molar-refractivity contribution in [2.75, 3.05) is 6.54 Å². The van der Waals surface area contributed by atoms with E-state index in [-0.39, 0.29) is 5.41 Å². The van der Waals surface area contributed by atoms with Gasteiger partial charge in [-0.25, -0.2) is 0 Å². The van der Waals surface area contributed by atoms with Gasteiger partial charge < -0.3 is 10.8 Å². The zero-order chi connectivity index (χ0) is 9.41. The lowest BCUT2D eigenvalue weighted by atomic mass is 9.72. The summed E-state index contributed by atoms with van der Waals surface area (Å²) in [6, 6.07) is 0. The number of hydrogen-bond acceptors (Lipinski definition) is 2. The molecule has 0 heterocycles. The average Bonchev–Trinajstić information content (AvgIpc) is 2.31. The lowest BCUT2D eigenvalue weighted by Crippen LogP contribution is -2.47. The highest BCUT2D eigenvalue weighted by molar-refractivity contribution is 4.98. The standard InChI is InChI=1S/C10H21NO/c1-8-4-5-10(6-8,7-11)9(2,3)12/h8,12H,4-7,11H2,1-3H3. The Morgan fingerprint density at radius 1 is 1.58 bits per heavy atom. The van der Waals surface area contributed by atoms with Crippen LogP contribution in [-0.2, 0) is 0 Å². The van der Waals surface area contributed by atoms with Gasteiger partial charge in [0, 0.05) is 12.0 Å². The largest absolute Gasteiger partial charge is 0.390 e. The van der Waals surface area contributed by atoms with E-state index in [9.17, 15) is 5.11 Å². The van der Waals surface area contributed by atoms with E-state index in [0.29, 0.717) is 6.54 Å². The second kappa shape index (κ2) is 3.00. The molecule has 1 aliphatic rings. The summed E-state index contributed by atoms with van der Waals surface area (Å²) < 4.78 is 0. The highest BCUT2D eigenvalue weighted by Gasteiger charge is 2.46. The van der Waals surface area contributed by atoms with Crippen molar-refractivity contribution in [2.24, 2.45) is 17.1 Å². The molecule has 0 spiro atoms. The first-order valence-corrected chi connectivity index (χ1v) is 4.84. The molecule has 1 rings (SSSR count). The van der Waals surface area contributed by atoms with Gasteiger partial charge in [-0.05, 0) is 32.6 Å². The molecule has 0 aromatic heterocycles. The Hall–Kier alpha value is -0.0800. The first kappa shape index (κ1) is 10.0. The van der Waals surface area contributed by atoms with Crippen LogP contribution >= 0.6 is 0 Å². The SMILES string of the molecule is CC1CCC(CN)(C(C)(C)O)C1. The zero-order valence-corrected chi connectivity index (χ0v) is 8.43.